The van der Waals surface area contributed by atoms with E-state index in [0.717, 1.165) is 5.56 Å². The molecule has 0 aliphatic rings. The van der Waals surface area contributed by atoms with Gasteiger partial charge in [-0.2, -0.15) is 0 Å². The Labute approximate surface area is 145 Å². The molecule has 0 aliphatic carbocycles. The van der Waals surface area contributed by atoms with Crippen LogP contribution in [-0.4, -0.2) is 31.6 Å². The molecule has 130 valence electrons. The lowest BCUT2D eigenvalue weighted by molar-refractivity contribution is -0.147. The van der Waals surface area contributed by atoms with E-state index in [2.05, 4.69) is 10.1 Å². The van der Waals surface area contributed by atoms with Crippen molar-refractivity contribution in [3.05, 3.63) is 65.7 Å². The summed E-state index contributed by atoms with van der Waals surface area (Å²) in [5.41, 5.74) is 1.92. The van der Waals surface area contributed by atoms with Crippen molar-refractivity contribution in [2.24, 2.45) is 0 Å². The molecule has 0 aliphatic heterocycles. The average molecular weight is 341 g/mol. The van der Waals surface area contributed by atoms with Gasteiger partial charge in [0.15, 0.2) is 6.61 Å². The number of aryl methyl sites for hydroxylation is 1. The molecular formula is C19H19NO5. The van der Waals surface area contributed by atoms with Crippen molar-refractivity contribution in [2.75, 3.05) is 19.0 Å². The molecule has 0 atom stereocenters. The number of carbonyl (C=O) groups excluding carboxylic acids is 3. The number of benzene rings is 2. The second-order valence-electron chi connectivity index (χ2n) is 5.26. The van der Waals surface area contributed by atoms with Crippen molar-refractivity contribution in [1.82, 2.24) is 0 Å². The highest BCUT2D eigenvalue weighted by Crippen LogP contribution is 2.10. The number of amides is 1. The summed E-state index contributed by atoms with van der Waals surface area (Å²) >= 11 is 0. The lowest BCUT2D eigenvalue weighted by Crippen LogP contribution is -2.21. The van der Waals surface area contributed by atoms with Crippen LogP contribution in [0.15, 0.2) is 54.6 Å². The van der Waals surface area contributed by atoms with Gasteiger partial charge in [0.1, 0.15) is 0 Å². The van der Waals surface area contributed by atoms with E-state index in [4.69, 9.17) is 4.74 Å². The Morgan fingerprint density at radius 3 is 2.28 bits per heavy atom. The molecule has 0 saturated heterocycles. The average Bonchev–Trinajstić information content (AvgIpc) is 2.65. The molecule has 0 spiro atoms. The van der Waals surface area contributed by atoms with E-state index in [-0.39, 0.29) is 13.0 Å². The SMILES string of the molecule is COC(=O)c1ccc(NC(=O)COC(=O)CCc2ccccc2)cc1. The third kappa shape index (κ3) is 6.10. The number of ether oxygens (including phenoxy) is 2. The maximum Gasteiger partial charge on any atom is 0.337 e. The summed E-state index contributed by atoms with van der Waals surface area (Å²) in [5.74, 6) is -1.33. The molecule has 6 heteroatoms. The van der Waals surface area contributed by atoms with Gasteiger partial charge in [-0.3, -0.25) is 9.59 Å². The Hall–Kier alpha value is -3.15. The van der Waals surface area contributed by atoms with Crippen LogP contribution in [0.2, 0.25) is 0 Å². The van der Waals surface area contributed by atoms with Crippen LogP contribution in [0.4, 0.5) is 5.69 Å². The summed E-state index contributed by atoms with van der Waals surface area (Å²) in [7, 11) is 1.30. The highest BCUT2D eigenvalue weighted by atomic mass is 16.5. The van der Waals surface area contributed by atoms with E-state index in [1.807, 2.05) is 30.3 Å². The molecule has 0 heterocycles. The Kier molecular flexibility index (Phi) is 6.71. The predicted octanol–water partition coefficient (Wildman–Crippen LogP) is 2.59. The zero-order valence-electron chi connectivity index (χ0n) is 13.9. The molecule has 1 amide bonds. The maximum atomic E-state index is 11.8. The first kappa shape index (κ1) is 18.2. The number of hydrogen-bond donors (Lipinski definition) is 1. The summed E-state index contributed by atoms with van der Waals surface area (Å²) in [6.45, 7) is -0.355. The van der Waals surface area contributed by atoms with Crippen LogP contribution in [0, 0.1) is 0 Å². The number of hydrogen-bond acceptors (Lipinski definition) is 5. The van der Waals surface area contributed by atoms with E-state index in [1.54, 1.807) is 12.1 Å². The Morgan fingerprint density at radius 1 is 0.960 bits per heavy atom. The number of carbonyl (C=O) groups is 3. The van der Waals surface area contributed by atoms with Gasteiger partial charge in [-0.05, 0) is 36.2 Å². The van der Waals surface area contributed by atoms with Crippen molar-refractivity contribution < 1.29 is 23.9 Å². The van der Waals surface area contributed by atoms with Crippen LogP contribution < -0.4 is 5.32 Å². The van der Waals surface area contributed by atoms with Gasteiger partial charge in [-0.1, -0.05) is 30.3 Å². The van der Waals surface area contributed by atoms with Gasteiger partial charge >= 0.3 is 11.9 Å². The first-order valence-corrected chi connectivity index (χ1v) is 7.76. The van der Waals surface area contributed by atoms with Crippen LogP contribution in [-0.2, 0) is 25.5 Å². The molecule has 0 saturated carbocycles. The van der Waals surface area contributed by atoms with Crippen LogP contribution in [0.5, 0.6) is 0 Å². The molecule has 0 unspecified atom stereocenters. The minimum absolute atomic E-state index is 0.213. The van der Waals surface area contributed by atoms with Crippen molar-refractivity contribution in [2.45, 2.75) is 12.8 Å². The Bertz CT molecular complexity index is 725. The predicted molar refractivity (Wildman–Crippen MR) is 92.1 cm³/mol. The Balaban J connectivity index is 1.73. The number of esters is 2. The monoisotopic (exact) mass is 341 g/mol. The minimum Gasteiger partial charge on any atom is -0.465 e. The van der Waals surface area contributed by atoms with E-state index < -0.39 is 17.8 Å². The lowest BCUT2D eigenvalue weighted by Gasteiger charge is -2.07. The van der Waals surface area contributed by atoms with Gasteiger partial charge in [0.05, 0.1) is 12.7 Å². The molecule has 1 N–H and O–H groups in total. The second kappa shape index (κ2) is 9.22. The third-order valence-corrected chi connectivity index (χ3v) is 3.41. The molecule has 0 radical (unpaired) electrons. The second-order valence-corrected chi connectivity index (χ2v) is 5.26. The van der Waals surface area contributed by atoms with Gasteiger partial charge in [-0.15, -0.1) is 0 Å². The van der Waals surface area contributed by atoms with Crippen LogP contribution in [0.3, 0.4) is 0 Å². The summed E-state index contributed by atoms with van der Waals surface area (Å²) in [4.78, 5) is 34.8. The molecule has 2 aromatic rings. The fourth-order valence-electron chi connectivity index (χ4n) is 2.11. The van der Waals surface area contributed by atoms with Gasteiger partial charge < -0.3 is 14.8 Å². The molecule has 0 aromatic heterocycles. The smallest absolute Gasteiger partial charge is 0.337 e. The maximum absolute atomic E-state index is 11.8. The topological polar surface area (TPSA) is 81.7 Å². The van der Waals surface area contributed by atoms with E-state index in [1.165, 1.54) is 19.2 Å². The number of methoxy groups -OCH3 is 1. The first-order chi connectivity index (χ1) is 12.1. The highest BCUT2D eigenvalue weighted by Gasteiger charge is 2.09. The first-order valence-electron chi connectivity index (χ1n) is 7.76. The Morgan fingerprint density at radius 2 is 1.64 bits per heavy atom. The van der Waals surface area contributed by atoms with E-state index >= 15 is 0 Å². The number of anilines is 1. The molecule has 25 heavy (non-hydrogen) atoms. The lowest BCUT2D eigenvalue weighted by atomic mass is 10.1. The van der Waals surface area contributed by atoms with Gasteiger partial charge in [0.2, 0.25) is 0 Å². The molecule has 0 bridgehead atoms. The summed E-state index contributed by atoms with van der Waals surface area (Å²) in [5, 5.41) is 2.59. The van der Waals surface area contributed by atoms with Crippen molar-refractivity contribution in [1.29, 1.82) is 0 Å². The highest BCUT2D eigenvalue weighted by molar-refractivity contribution is 5.94. The van der Waals surface area contributed by atoms with Crippen LogP contribution >= 0.6 is 0 Å². The number of nitrogens with one attached hydrogen (secondary N) is 1. The van der Waals surface area contributed by atoms with Gasteiger partial charge in [0, 0.05) is 12.1 Å². The van der Waals surface area contributed by atoms with E-state index in [0.29, 0.717) is 17.7 Å². The molecule has 2 rings (SSSR count). The summed E-state index contributed by atoms with van der Waals surface area (Å²) < 4.78 is 9.55. The fourth-order valence-corrected chi connectivity index (χ4v) is 2.11. The van der Waals surface area contributed by atoms with Crippen molar-refractivity contribution >= 4 is 23.5 Å². The zero-order chi connectivity index (χ0) is 18.1. The standard InChI is InChI=1S/C19H19NO5/c1-24-19(23)15-8-10-16(11-9-15)20-17(21)13-25-18(22)12-7-14-5-3-2-4-6-14/h2-6,8-11H,7,12-13H2,1H3,(H,20,21). The molecular weight excluding hydrogens is 322 g/mol. The van der Waals surface area contributed by atoms with Gasteiger partial charge in [-0.25, -0.2) is 4.79 Å². The molecule has 2 aromatic carbocycles. The van der Waals surface area contributed by atoms with E-state index in [9.17, 15) is 14.4 Å². The summed E-state index contributed by atoms with van der Waals surface area (Å²) in [6, 6.07) is 15.8. The zero-order valence-corrected chi connectivity index (χ0v) is 13.9. The fraction of sp³-hybridized carbons (Fsp3) is 0.211. The third-order valence-electron chi connectivity index (χ3n) is 3.41. The quantitative estimate of drug-likeness (QED) is 0.783. The largest absolute Gasteiger partial charge is 0.465 e. The minimum atomic E-state index is -0.453. The number of rotatable bonds is 7. The normalized spacial score (nSPS) is 9.96. The van der Waals surface area contributed by atoms with Crippen LogP contribution in [0.25, 0.3) is 0 Å². The van der Waals surface area contributed by atoms with Gasteiger partial charge in [0.25, 0.3) is 5.91 Å². The van der Waals surface area contributed by atoms with Crippen molar-refractivity contribution in [3.8, 4) is 0 Å². The van der Waals surface area contributed by atoms with Crippen LogP contribution in [0.1, 0.15) is 22.3 Å². The summed E-state index contributed by atoms with van der Waals surface area (Å²) in [6.07, 6.45) is 0.779. The van der Waals surface area contributed by atoms with Crippen molar-refractivity contribution in [3.63, 3.8) is 0 Å². The molecule has 6 nitrogen and oxygen atoms in total. The molecule has 0 fully saturated rings.